The number of rotatable bonds is 7. The predicted molar refractivity (Wildman–Crippen MR) is 110 cm³/mol. The van der Waals surface area contributed by atoms with Crippen molar-refractivity contribution in [1.29, 1.82) is 0 Å². The molecular formula is C23H21F5N2O4. The Labute approximate surface area is 191 Å². The van der Waals surface area contributed by atoms with E-state index in [9.17, 15) is 36.3 Å². The average Bonchev–Trinajstić information content (AvgIpc) is 3.51. The summed E-state index contributed by atoms with van der Waals surface area (Å²) in [5, 5.41) is 4.62. The zero-order valence-corrected chi connectivity index (χ0v) is 18.2. The molecule has 1 aliphatic carbocycles. The summed E-state index contributed by atoms with van der Waals surface area (Å²) in [6.45, 7) is 1.46. The fraction of sp³-hybridized carbons (Fsp3) is 0.348. The molecule has 1 saturated carbocycles. The van der Waals surface area contributed by atoms with Crippen LogP contribution in [0.15, 0.2) is 36.4 Å². The molecule has 182 valence electrons. The van der Waals surface area contributed by atoms with Gasteiger partial charge < -0.3 is 15.4 Å². The van der Waals surface area contributed by atoms with Crippen LogP contribution in [0.25, 0.3) is 11.1 Å². The van der Waals surface area contributed by atoms with Crippen molar-refractivity contribution in [2.75, 3.05) is 7.11 Å². The first-order valence-electron chi connectivity index (χ1n) is 10.2. The second-order valence-corrected chi connectivity index (χ2v) is 8.01. The minimum Gasteiger partial charge on any atom is -0.465 e. The zero-order chi connectivity index (χ0) is 25.3. The average molecular weight is 484 g/mol. The Hall–Kier alpha value is -3.50. The molecule has 2 amide bonds. The fourth-order valence-electron chi connectivity index (χ4n) is 3.56. The van der Waals surface area contributed by atoms with Gasteiger partial charge in [-0.2, -0.15) is 13.2 Å². The molecule has 0 saturated heterocycles. The number of hydrogen-bond acceptors (Lipinski definition) is 4. The Morgan fingerprint density at radius 2 is 1.76 bits per heavy atom. The van der Waals surface area contributed by atoms with Crippen molar-refractivity contribution in [2.24, 2.45) is 0 Å². The van der Waals surface area contributed by atoms with Gasteiger partial charge in [-0.3, -0.25) is 9.59 Å². The Morgan fingerprint density at radius 3 is 2.32 bits per heavy atom. The molecule has 1 aliphatic rings. The van der Waals surface area contributed by atoms with Crippen LogP contribution in [0.1, 0.15) is 48.1 Å². The van der Waals surface area contributed by atoms with Crippen molar-refractivity contribution >= 4 is 17.8 Å². The predicted octanol–water partition coefficient (Wildman–Crippen LogP) is 4.20. The monoisotopic (exact) mass is 484 g/mol. The van der Waals surface area contributed by atoms with Gasteiger partial charge in [-0.1, -0.05) is 24.3 Å². The van der Waals surface area contributed by atoms with Crippen LogP contribution < -0.4 is 10.6 Å². The van der Waals surface area contributed by atoms with Gasteiger partial charge in [-0.15, -0.1) is 0 Å². The highest BCUT2D eigenvalue weighted by Gasteiger charge is 2.52. The van der Waals surface area contributed by atoms with Gasteiger partial charge in [-0.25, -0.2) is 13.6 Å². The first-order chi connectivity index (χ1) is 15.9. The van der Waals surface area contributed by atoms with E-state index in [0.717, 1.165) is 19.2 Å². The second kappa shape index (κ2) is 9.40. The van der Waals surface area contributed by atoms with Crippen LogP contribution in [0.2, 0.25) is 0 Å². The van der Waals surface area contributed by atoms with E-state index in [4.69, 9.17) is 0 Å². The largest absolute Gasteiger partial charge is 0.465 e. The molecule has 0 bridgehead atoms. The Balaban J connectivity index is 1.76. The summed E-state index contributed by atoms with van der Waals surface area (Å²) in [5.41, 5.74) is -1.46. The van der Waals surface area contributed by atoms with Gasteiger partial charge in [0.15, 0.2) is 0 Å². The number of carbonyl (C=O) groups is 3. The van der Waals surface area contributed by atoms with E-state index in [-0.39, 0.29) is 35.1 Å². The first kappa shape index (κ1) is 25.1. The summed E-state index contributed by atoms with van der Waals surface area (Å²) in [4.78, 5) is 36.1. The topological polar surface area (TPSA) is 84.5 Å². The van der Waals surface area contributed by atoms with E-state index in [1.54, 1.807) is 0 Å². The Morgan fingerprint density at radius 1 is 1.09 bits per heavy atom. The SMILES string of the molecule is COC(=O)c1c(F)cccc1-c1ccc([C@@H](C)NC(=O)C2(NC(=O)CC(F)(F)F)CC2)c(F)c1. The summed E-state index contributed by atoms with van der Waals surface area (Å²) in [7, 11) is 1.09. The van der Waals surface area contributed by atoms with Crippen molar-refractivity contribution in [2.45, 2.75) is 43.9 Å². The van der Waals surface area contributed by atoms with Crippen molar-refractivity contribution in [3.8, 4) is 11.1 Å². The van der Waals surface area contributed by atoms with Gasteiger partial charge in [0.2, 0.25) is 11.8 Å². The highest BCUT2D eigenvalue weighted by Crippen LogP contribution is 2.37. The minimum atomic E-state index is -4.70. The number of amides is 2. The van der Waals surface area contributed by atoms with E-state index in [2.05, 4.69) is 15.4 Å². The van der Waals surface area contributed by atoms with Crippen molar-refractivity contribution in [3.05, 3.63) is 59.2 Å². The molecule has 2 aromatic carbocycles. The van der Waals surface area contributed by atoms with Crippen LogP contribution >= 0.6 is 0 Å². The lowest BCUT2D eigenvalue weighted by Crippen LogP contribution is -2.50. The lowest BCUT2D eigenvalue weighted by atomic mass is 9.96. The number of alkyl halides is 3. The van der Waals surface area contributed by atoms with E-state index < -0.39 is 53.6 Å². The molecule has 0 radical (unpaired) electrons. The third-order valence-corrected chi connectivity index (χ3v) is 5.45. The van der Waals surface area contributed by atoms with Crippen LogP contribution in [0.5, 0.6) is 0 Å². The summed E-state index contributed by atoms with van der Waals surface area (Å²) in [5.74, 6) is -4.58. The van der Waals surface area contributed by atoms with Crippen LogP contribution in [-0.2, 0) is 14.3 Å². The molecule has 0 heterocycles. The van der Waals surface area contributed by atoms with E-state index in [1.165, 1.54) is 31.2 Å². The molecule has 0 unspecified atom stereocenters. The van der Waals surface area contributed by atoms with Gasteiger partial charge in [0.05, 0.1) is 13.2 Å². The van der Waals surface area contributed by atoms with Crippen LogP contribution in [-0.4, -0.2) is 36.6 Å². The maximum absolute atomic E-state index is 14.9. The van der Waals surface area contributed by atoms with Crippen LogP contribution in [0.3, 0.4) is 0 Å². The normalized spacial score (nSPS) is 15.3. The standard InChI is InChI=1S/C23H21F5N2O4/c1-12(29-21(33)22(8-9-22)30-18(31)11-23(26,27)28)14-7-6-13(10-17(14)25)15-4-3-5-16(24)19(15)20(32)34-2/h3-7,10,12H,8-9,11H2,1-2H3,(H,29,33)(H,30,31)/t12-/m1/s1. The summed E-state index contributed by atoms with van der Waals surface area (Å²) >= 11 is 0. The van der Waals surface area contributed by atoms with Crippen LogP contribution in [0, 0.1) is 11.6 Å². The van der Waals surface area contributed by atoms with Crippen LogP contribution in [0.4, 0.5) is 22.0 Å². The molecular weight excluding hydrogens is 463 g/mol. The van der Waals surface area contributed by atoms with Gasteiger partial charge >= 0.3 is 12.1 Å². The Bertz CT molecular complexity index is 1130. The first-order valence-corrected chi connectivity index (χ1v) is 10.2. The molecule has 0 aromatic heterocycles. The minimum absolute atomic E-state index is 0.0468. The molecule has 0 aliphatic heterocycles. The number of benzene rings is 2. The third kappa shape index (κ3) is 5.52. The van der Waals surface area contributed by atoms with Gasteiger partial charge in [-0.05, 0) is 43.0 Å². The number of hydrogen-bond donors (Lipinski definition) is 2. The number of ether oxygens (including phenoxy) is 1. The molecule has 6 nitrogen and oxygen atoms in total. The number of nitrogens with one attached hydrogen (secondary N) is 2. The van der Waals surface area contributed by atoms with Crippen molar-refractivity contribution in [3.63, 3.8) is 0 Å². The molecule has 2 aromatic rings. The quantitative estimate of drug-likeness (QED) is 0.456. The number of carbonyl (C=O) groups excluding carboxylic acids is 3. The number of esters is 1. The molecule has 34 heavy (non-hydrogen) atoms. The van der Waals surface area contributed by atoms with Gasteiger partial charge in [0, 0.05) is 5.56 Å². The van der Waals surface area contributed by atoms with Gasteiger partial charge in [0.25, 0.3) is 0 Å². The zero-order valence-electron chi connectivity index (χ0n) is 18.2. The molecule has 11 heteroatoms. The molecule has 0 spiro atoms. The van der Waals surface area contributed by atoms with E-state index in [1.807, 2.05) is 0 Å². The summed E-state index contributed by atoms with van der Waals surface area (Å²) in [6.07, 6.45) is -6.09. The van der Waals surface area contributed by atoms with E-state index in [0.29, 0.717) is 0 Å². The maximum Gasteiger partial charge on any atom is 0.397 e. The number of methoxy groups -OCH3 is 1. The van der Waals surface area contributed by atoms with Crippen molar-refractivity contribution < 1.29 is 41.1 Å². The summed E-state index contributed by atoms with van der Waals surface area (Å²) in [6, 6.07) is 6.79. The second-order valence-electron chi connectivity index (χ2n) is 8.01. The summed E-state index contributed by atoms with van der Waals surface area (Å²) < 4.78 is 70.9. The van der Waals surface area contributed by atoms with E-state index >= 15 is 0 Å². The number of halogens is 5. The molecule has 1 atom stereocenters. The highest BCUT2D eigenvalue weighted by molar-refractivity contribution is 5.97. The molecule has 3 rings (SSSR count). The van der Waals surface area contributed by atoms with Crippen molar-refractivity contribution in [1.82, 2.24) is 10.6 Å². The molecule has 1 fully saturated rings. The van der Waals surface area contributed by atoms with Gasteiger partial charge in [0.1, 0.15) is 29.2 Å². The third-order valence-electron chi connectivity index (χ3n) is 5.45. The fourth-order valence-corrected chi connectivity index (χ4v) is 3.56. The Kier molecular flexibility index (Phi) is 6.94. The highest BCUT2D eigenvalue weighted by atomic mass is 19.4. The lowest BCUT2D eigenvalue weighted by molar-refractivity contribution is -0.155. The smallest absolute Gasteiger partial charge is 0.397 e. The molecule has 2 N–H and O–H groups in total. The maximum atomic E-state index is 14.9. The lowest BCUT2D eigenvalue weighted by Gasteiger charge is -2.22.